The summed E-state index contributed by atoms with van der Waals surface area (Å²) >= 11 is 0. The van der Waals surface area contributed by atoms with Crippen LogP contribution in [0.4, 0.5) is 0 Å². The van der Waals surface area contributed by atoms with Crippen LogP contribution < -0.4 is 9.46 Å². The molecular weight excluding hydrogens is 374 g/mol. The summed E-state index contributed by atoms with van der Waals surface area (Å²) in [7, 11) is -1.91. The second-order valence-electron chi connectivity index (χ2n) is 7.03. The number of nitrogens with zero attached hydrogens (tertiary/aromatic N) is 2. The number of benzene rings is 2. The first-order chi connectivity index (χ1) is 13.6. The molecule has 6 nitrogen and oxygen atoms in total. The first-order valence-corrected chi connectivity index (χ1v) is 11.2. The predicted molar refractivity (Wildman–Crippen MR) is 111 cm³/mol. The fourth-order valence-electron chi connectivity index (χ4n) is 3.36. The molecule has 152 valence electrons. The number of nitrogens with one attached hydrogen (secondary N) is 1. The van der Waals surface area contributed by atoms with Gasteiger partial charge in [0.2, 0.25) is 10.0 Å². The van der Waals surface area contributed by atoms with Crippen molar-refractivity contribution in [3.05, 3.63) is 60.2 Å². The Kier molecular flexibility index (Phi) is 7.44. The van der Waals surface area contributed by atoms with Crippen molar-refractivity contribution in [3.63, 3.8) is 0 Å². The van der Waals surface area contributed by atoms with Gasteiger partial charge in [-0.1, -0.05) is 30.3 Å². The molecule has 28 heavy (non-hydrogen) atoms. The Morgan fingerprint density at radius 1 is 0.929 bits per heavy atom. The van der Waals surface area contributed by atoms with Gasteiger partial charge < -0.3 is 9.64 Å². The quantitative estimate of drug-likeness (QED) is 0.651. The second-order valence-corrected chi connectivity index (χ2v) is 8.80. The molecule has 1 aliphatic heterocycles. The molecule has 0 radical (unpaired) electrons. The van der Waals surface area contributed by atoms with E-state index in [4.69, 9.17) is 4.74 Å². The molecule has 1 aliphatic rings. The lowest BCUT2D eigenvalue weighted by atomic mass is 10.2. The first-order valence-electron chi connectivity index (χ1n) is 9.69. The summed E-state index contributed by atoms with van der Waals surface area (Å²) < 4.78 is 32.4. The highest BCUT2D eigenvalue weighted by Crippen LogP contribution is 2.15. The average molecular weight is 404 g/mol. The fraction of sp³-hybridized carbons (Fsp3) is 0.429. The van der Waals surface area contributed by atoms with Gasteiger partial charge in [0.25, 0.3) is 0 Å². The lowest BCUT2D eigenvalue weighted by molar-refractivity contribution is 0.126. The van der Waals surface area contributed by atoms with E-state index in [1.807, 2.05) is 6.07 Å². The average Bonchev–Trinajstić information content (AvgIpc) is 2.73. The van der Waals surface area contributed by atoms with Crippen LogP contribution in [0.15, 0.2) is 59.5 Å². The molecule has 0 saturated carbocycles. The molecule has 1 saturated heterocycles. The van der Waals surface area contributed by atoms with Crippen LogP contribution in [0.5, 0.6) is 5.75 Å². The molecule has 2 aromatic carbocycles. The molecule has 1 fully saturated rings. The summed E-state index contributed by atoms with van der Waals surface area (Å²) in [6.45, 7) is 6.49. The maximum atomic E-state index is 12.3. The van der Waals surface area contributed by atoms with E-state index in [0.29, 0.717) is 12.3 Å². The summed E-state index contributed by atoms with van der Waals surface area (Å²) in [6.07, 6.45) is 0.800. The highest BCUT2D eigenvalue weighted by Gasteiger charge is 2.17. The molecule has 0 spiro atoms. The van der Waals surface area contributed by atoms with Crippen LogP contribution in [0.2, 0.25) is 0 Å². The summed E-state index contributed by atoms with van der Waals surface area (Å²) in [6, 6.07) is 17.0. The Morgan fingerprint density at radius 2 is 1.57 bits per heavy atom. The minimum atomic E-state index is -3.46. The van der Waals surface area contributed by atoms with Gasteiger partial charge in [-0.3, -0.25) is 4.90 Å². The Hall–Kier alpha value is -1.93. The number of methoxy groups -OCH3 is 1. The van der Waals surface area contributed by atoms with Crippen molar-refractivity contribution in [1.82, 2.24) is 14.5 Å². The Balaban J connectivity index is 1.35. The van der Waals surface area contributed by atoms with Gasteiger partial charge in [-0.2, -0.15) is 0 Å². The number of rotatable bonds is 9. The number of piperazine rings is 1. The number of sulfonamides is 1. The molecule has 0 atom stereocenters. The number of ether oxygens (including phenoxy) is 1. The molecule has 0 bridgehead atoms. The van der Waals surface area contributed by atoms with E-state index in [1.165, 1.54) is 5.56 Å². The first kappa shape index (κ1) is 20.8. The van der Waals surface area contributed by atoms with Gasteiger partial charge in [-0.05, 0) is 42.8 Å². The molecule has 0 aromatic heterocycles. The van der Waals surface area contributed by atoms with Crippen LogP contribution in [0.1, 0.15) is 12.0 Å². The maximum Gasteiger partial charge on any atom is 0.240 e. The van der Waals surface area contributed by atoms with Gasteiger partial charge in [0.05, 0.1) is 12.0 Å². The fourth-order valence-corrected chi connectivity index (χ4v) is 4.43. The van der Waals surface area contributed by atoms with Crippen molar-refractivity contribution in [2.45, 2.75) is 17.9 Å². The minimum Gasteiger partial charge on any atom is -0.497 e. The lowest BCUT2D eigenvalue weighted by Crippen LogP contribution is -2.46. The maximum absolute atomic E-state index is 12.3. The molecule has 2 aromatic rings. The second kappa shape index (κ2) is 10.0. The van der Waals surface area contributed by atoms with Crippen molar-refractivity contribution >= 4 is 10.0 Å². The van der Waals surface area contributed by atoms with Crippen molar-refractivity contribution in [3.8, 4) is 5.75 Å². The highest BCUT2D eigenvalue weighted by atomic mass is 32.2. The van der Waals surface area contributed by atoms with Crippen LogP contribution >= 0.6 is 0 Å². The van der Waals surface area contributed by atoms with Crippen molar-refractivity contribution in [1.29, 1.82) is 0 Å². The van der Waals surface area contributed by atoms with E-state index in [2.05, 4.69) is 38.8 Å². The van der Waals surface area contributed by atoms with E-state index in [-0.39, 0.29) is 4.90 Å². The van der Waals surface area contributed by atoms with E-state index in [9.17, 15) is 8.42 Å². The van der Waals surface area contributed by atoms with Crippen molar-refractivity contribution < 1.29 is 13.2 Å². The monoisotopic (exact) mass is 403 g/mol. The zero-order chi connectivity index (χ0) is 19.8. The van der Waals surface area contributed by atoms with Gasteiger partial charge in [0.15, 0.2) is 0 Å². The highest BCUT2D eigenvalue weighted by molar-refractivity contribution is 7.89. The minimum absolute atomic E-state index is 0.267. The Morgan fingerprint density at radius 3 is 2.21 bits per heavy atom. The molecule has 1 heterocycles. The van der Waals surface area contributed by atoms with E-state index >= 15 is 0 Å². The summed E-state index contributed by atoms with van der Waals surface area (Å²) in [4.78, 5) is 5.14. The van der Waals surface area contributed by atoms with Crippen LogP contribution in [0.25, 0.3) is 0 Å². The van der Waals surface area contributed by atoms with Gasteiger partial charge in [0, 0.05) is 39.3 Å². The SMILES string of the molecule is COc1ccc(S(=O)(=O)NCCCN2CCN(Cc3ccccc3)CC2)cc1. The predicted octanol–water partition coefficient (Wildman–Crippen LogP) is 2.18. The third-order valence-corrected chi connectivity index (χ3v) is 6.50. The Bertz CT molecular complexity index is 818. The van der Waals surface area contributed by atoms with Gasteiger partial charge in [-0.25, -0.2) is 13.1 Å². The largest absolute Gasteiger partial charge is 0.497 e. The third-order valence-electron chi connectivity index (χ3n) is 5.03. The van der Waals surface area contributed by atoms with Gasteiger partial charge in [0.1, 0.15) is 5.75 Å². The normalized spacial score (nSPS) is 16.2. The van der Waals surface area contributed by atoms with Gasteiger partial charge in [-0.15, -0.1) is 0 Å². The molecule has 3 rings (SSSR count). The van der Waals surface area contributed by atoms with Crippen LogP contribution in [-0.4, -0.2) is 64.6 Å². The van der Waals surface area contributed by atoms with E-state index in [0.717, 1.165) is 45.7 Å². The number of hydrogen-bond donors (Lipinski definition) is 1. The van der Waals surface area contributed by atoms with E-state index < -0.39 is 10.0 Å². The number of hydrogen-bond acceptors (Lipinski definition) is 5. The van der Waals surface area contributed by atoms with Crippen LogP contribution in [-0.2, 0) is 16.6 Å². The summed E-state index contributed by atoms with van der Waals surface area (Å²) in [5.41, 5.74) is 1.35. The van der Waals surface area contributed by atoms with Crippen LogP contribution in [0, 0.1) is 0 Å². The molecule has 0 amide bonds. The third kappa shape index (κ3) is 6.04. The van der Waals surface area contributed by atoms with Gasteiger partial charge >= 0.3 is 0 Å². The molecule has 7 heteroatoms. The lowest BCUT2D eigenvalue weighted by Gasteiger charge is -2.34. The molecule has 0 unspecified atom stereocenters. The smallest absolute Gasteiger partial charge is 0.240 e. The molecule has 1 N–H and O–H groups in total. The standard InChI is InChI=1S/C21H29N3O3S/c1-27-20-8-10-21(11-9-20)28(25,26)22-12-5-13-23-14-16-24(17-15-23)18-19-6-3-2-4-7-19/h2-4,6-11,22H,5,12-18H2,1H3. The summed E-state index contributed by atoms with van der Waals surface area (Å²) in [5.74, 6) is 0.644. The zero-order valence-corrected chi connectivity index (χ0v) is 17.2. The van der Waals surface area contributed by atoms with Crippen molar-refractivity contribution in [2.75, 3.05) is 46.4 Å². The van der Waals surface area contributed by atoms with E-state index in [1.54, 1.807) is 31.4 Å². The molecular formula is C21H29N3O3S. The molecule has 0 aliphatic carbocycles. The Labute approximate surface area is 168 Å². The van der Waals surface area contributed by atoms with Crippen molar-refractivity contribution in [2.24, 2.45) is 0 Å². The zero-order valence-electron chi connectivity index (χ0n) is 16.4. The summed E-state index contributed by atoms with van der Waals surface area (Å²) in [5, 5.41) is 0. The topological polar surface area (TPSA) is 61.9 Å². The van der Waals surface area contributed by atoms with Crippen LogP contribution in [0.3, 0.4) is 0 Å².